The molecule has 1 rings (SSSR count). The normalized spacial score (nSPS) is 11.7. The van der Waals surface area contributed by atoms with E-state index in [9.17, 15) is 9.59 Å². The van der Waals surface area contributed by atoms with Gasteiger partial charge in [-0.05, 0) is 25.8 Å². The monoisotopic (exact) mass is 267 g/mol. The van der Waals surface area contributed by atoms with E-state index >= 15 is 0 Å². The zero-order chi connectivity index (χ0) is 15.0. The molecule has 0 spiro atoms. The molecule has 1 N–H and O–H groups in total. The number of likely N-dealkylation sites (N-methyl/N-ethyl adjacent to an activating group) is 1. The molecule has 0 aliphatic heterocycles. The number of carboxylic acids is 1. The maximum Gasteiger partial charge on any atom is 0.329 e. The quantitative estimate of drug-likeness (QED) is 0.896. The fourth-order valence-corrected chi connectivity index (χ4v) is 1.54. The number of aromatic nitrogens is 2. The molecule has 1 amide bonds. The summed E-state index contributed by atoms with van der Waals surface area (Å²) >= 11 is 0. The SMILES string of the molecule is CC(C)c1cc(C(=O)N(C)C(C)(C)C(=O)O)n(C)n1. The van der Waals surface area contributed by atoms with Crippen LogP contribution in [-0.4, -0.2) is 44.3 Å². The second-order valence-corrected chi connectivity index (χ2v) is 5.46. The first-order valence-electron chi connectivity index (χ1n) is 6.14. The zero-order valence-electron chi connectivity index (χ0n) is 12.3. The molecule has 1 aromatic rings. The second kappa shape index (κ2) is 5.03. The highest BCUT2D eigenvalue weighted by Crippen LogP contribution is 2.19. The van der Waals surface area contributed by atoms with Crippen LogP contribution in [0.5, 0.6) is 0 Å². The molecular weight excluding hydrogens is 246 g/mol. The van der Waals surface area contributed by atoms with Crippen molar-refractivity contribution in [2.24, 2.45) is 7.05 Å². The molecule has 0 unspecified atom stereocenters. The Balaban J connectivity index is 3.11. The Labute approximate surface area is 113 Å². The molecule has 0 radical (unpaired) electrons. The van der Waals surface area contributed by atoms with Crippen molar-refractivity contribution in [2.75, 3.05) is 7.05 Å². The van der Waals surface area contributed by atoms with E-state index in [4.69, 9.17) is 5.11 Å². The third-order valence-electron chi connectivity index (χ3n) is 3.38. The molecule has 0 bridgehead atoms. The lowest BCUT2D eigenvalue weighted by Gasteiger charge is -2.31. The van der Waals surface area contributed by atoms with E-state index in [1.807, 2.05) is 13.8 Å². The van der Waals surface area contributed by atoms with Crippen molar-refractivity contribution < 1.29 is 14.7 Å². The molecule has 0 aliphatic carbocycles. The third kappa shape index (κ3) is 2.77. The Morgan fingerprint density at radius 1 is 1.42 bits per heavy atom. The molecule has 0 aromatic carbocycles. The van der Waals surface area contributed by atoms with E-state index in [0.717, 1.165) is 5.69 Å². The Kier molecular flexibility index (Phi) is 4.03. The van der Waals surface area contributed by atoms with Crippen molar-refractivity contribution in [2.45, 2.75) is 39.2 Å². The van der Waals surface area contributed by atoms with Crippen LogP contribution in [0.15, 0.2) is 6.07 Å². The molecular formula is C13H21N3O3. The topological polar surface area (TPSA) is 75.4 Å². The number of carboxylic acid groups (broad SMARTS) is 1. The van der Waals surface area contributed by atoms with Crippen molar-refractivity contribution in [1.29, 1.82) is 0 Å². The molecule has 0 atom stereocenters. The summed E-state index contributed by atoms with van der Waals surface area (Å²) in [4.78, 5) is 24.8. The van der Waals surface area contributed by atoms with Gasteiger partial charge in [0.2, 0.25) is 0 Å². The number of carbonyl (C=O) groups excluding carboxylic acids is 1. The van der Waals surface area contributed by atoms with Crippen LogP contribution in [-0.2, 0) is 11.8 Å². The van der Waals surface area contributed by atoms with Gasteiger partial charge in [0.05, 0.1) is 5.69 Å². The van der Waals surface area contributed by atoms with Crippen LogP contribution in [0.2, 0.25) is 0 Å². The lowest BCUT2D eigenvalue weighted by Crippen LogP contribution is -2.51. The van der Waals surface area contributed by atoms with E-state index < -0.39 is 11.5 Å². The summed E-state index contributed by atoms with van der Waals surface area (Å²) in [7, 11) is 3.17. The van der Waals surface area contributed by atoms with Gasteiger partial charge in [-0.15, -0.1) is 0 Å². The van der Waals surface area contributed by atoms with Gasteiger partial charge in [-0.3, -0.25) is 9.48 Å². The standard InChI is InChI=1S/C13H21N3O3/c1-8(2)9-7-10(16(6)14-9)11(17)15(5)13(3,4)12(18)19/h7-8H,1-6H3,(H,18,19). The van der Waals surface area contributed by atoms with Gasteiger partial charge in [0.1, 0.15) is 11.2 Å². The van der Waals surface area contributed by atoms with Crippen molar-refractivity contribution in [3.05, 3.63) is 17.5 Å². The van der Waals surface area contributed by atoms with Gasteiger partial charge in [0.15, 0.2) is 0 Å². The van der Waals surface area contributed by atoms with Crippen LogP contribution in [0.25, 0.3) is 0 Å². The number of rotatable bonds is 4. The Morgan fingerprint density at radius 3 is 2.32 bits per heavy atom. The van der Waals surface area contributed by atoms with Crippen molar-refractivity contribution in [3.8, 4) is 0 Å². The highest BCUT2D eigenvalue weighted by molar-refractivity contribution is 5.96. The second-order valence-electron chi connectivity index (χ2n) is 5.46. The minimum atomic E-state index is -1.26. The number of carbonyl (C=O) groups is 2. The number of hydrogen-bond acceptors (Lipinski definition) is 3. The Morgan fingerprint density at radius 2 is 1.95 bits per heavy atom. The summed E-state index contributed by atoms with van der Waals surface area (Å²) in [6.07, 6.45) is 0. The number of amides is 1. The minimum Gasteiger partial charge on any atom is -0.480 e. The summed E-state index contributed by atoms with van der Waals surface area (Å²) in [6, 6.07) is 1.71. The van der Waals surface area contributed by atoms with Gasteiger partial charge in [-0.25, -0.2) is 4.79 Å². The van der Waals surface area contributed by atoms with Crippen molar-refractivity contribution in [3.63, 3.8) is 0 Å². The highest BCUT2D eigenvalue weighted by atomic mass is 16.4. The fourth-order valence-electron chi connectivity index (χ4n) is 1.54. The number of aryl methyl sites for hydroxylation is 1. The Bertz CT molecular complexity index is 503. The predicted molar refractivity (Wildman–Crippen MR) is 71.1 cm³/mol. The number of aliphatic carboxylic acids is 1. The van der Waals surface area contributed by atoms with E-state index in [2.05, 4.69) is 5.10 Å². The third-order valence-corrected chi connectivity index (χ3v) is 3.38. The van der Waals surface area contributed by atoms with E-state index in [0.29, 0.717) is 5.69 Å². The minimum absolute atomic E-state index is 0.213. The summed E-state index contributed by atoms with van der Waals surface area (Å²) in [6.45, 7) is 6.96. The van der Waals surface area contributed by atoms with Gasteiger partial charge in [0.25, 0.3) is 5.91 Å². The molecule has 0 saturated carbocycles. The molecule has 1 heterocycles. The Hall–Kier alpha value is -1.85. The number of hydrogen-bond donors (Lipinski definition) is 1. The maximum absolute atomic E-state index is 12.4. The first-order chi connectivity index (χ1) is 8.59. The van der Waals surface area contributed by atoms with Gasteiger partial charge >= 0.3 is 5.97 Å². The van der Waals surface area contributed by atoms with E-state index in [-0.39, 0.29) is 11.8 Å². The van der Waals surface area contributed by atoms with E-state index in [1.165, 1.54) is 30.5 Å². The van der Waals surface area contributed by atoms with Gasteiger partial charge < -0.3 is 10.0 Å². The molecule has 1 aromatic heterocycles. The van der Waals surface area contributed by atoms with Gasteiger partial charge in [0, 0.05) is 14.1 Å². The van der Waals surface area contributed by atoms with Crippen LogP contribution in [0.1, 0.15) is 49.8 Å². The van der Waals surface area contributed by atoms with Crippen molar-refractivity contribution >= 4 is 11.9 Å². The number of nitrogens with zero attached hydrogens (tertiary/aromatic N) is 3. The summed E-state index contributed by atoms with van der Waals surface area (Å²) < 4.78 is 1.49. The average molecular weight is 267 g/mol. The van der Waals surface area contributed by atoms with Gasteiger partial charge in [-0.1, -0.05) is 13.8 Å². The van der Waals surface area contributed by atoms with Crippen LogP contribution in [0.3, 0.4) is 0 Å². The summed E-state index contributed by atoms with van der Waals surface area (Å²) in [5.74, 6) is -1.19. The molecule has 0 saturated heterocycles. The maximum atomic E-state index is 12.4. The molecule has 0 aliphatic rings. The predicted octanol–water partition coefficient (Wildman–Crippen LogP) is 1.48. The summed E-state index contributed by atoms with van der Waals surface area (Å²) in [5, 5.41) is 13.4. The van der Waals surface area contributed by atoms with Crippen LogP contribution >= 0.6 is 0 Å². The fraction of sp³-hybridized carbons (Fsp3) is 0.615. The van der Waals surface area contributed by atoms with Gasteiger partial charge in [-0.2, -0.15) is 5.10 Å². The van der Waals surface area contributed by atoms with Crippen LogP contribution in [0.4, 0.5) is 0 Å². The smallest absolute Gasteiger partial charge is 0.329 e. The van der Waals surface area contributed by atoms with Crippen molar-refractivity contribution in [1.82, 2.24) is 14.7 Å². The first-order valence-corrected chi connectivity index (χ1v) is 6.14. The van der Waals surface area contributed by atoms with E-state index in [1.54, 1.807) is 13.1 Å². The molecule has 6 heteroatoms. The van der Waals surface area contributed by atoms with Crippen LogP contribution < -0.4 is 0 Å². The molecule has 0 fully saturated rings. The zero-order valence-corrected chi connectivity index (χ0v) is 12.3. The lowest BCUT2D eigenvalue weighted by molar-refractivity contribution is -0.147. The molecule has 106 valence electrons. The lowest BCUT2D eigenvalue weighted by atomic mass is 10.0. The van der Waals surface area contributed by atoms with Crippen LogP contribution in [0, 0.1) is 0 Å². The largest absolute Gasteiger partial charge is 0.480 e. The average Bonchev–Trinajstić information content (AvgIpc) is 2.69. The highest BCUT2D eigenvalue weighted by Gasteiger charge is 2.36. The first kappa shape index (κ1) is 15.2. The molecule has 6 nitrogen and oxygen atoms in total. The molecule has 19 heavy (non-hydrogen) atoms. The summed E-state index contributed by atoms with van der Waals surface area (Å²) in [5.41, 5.74) is -0.0628.